The first-order valence-electron chi connectivity index (χ1n) is 13.0. The van der Waals surface area contributed by atoms with E-state index in [1.807, 2.05) is 12.1 Å². The molecule has 0 heterocycles. The van der Waals surface area contributed by atoms with Crippen LogP contribution < -0.4 is 21.4 Å². The van der Waals surface area contributed by atoms with Crippen LogP contribution in [0.15, 0.2) is 47.6 Å². The summed E-state index contributed by atoms with van der Waals surface area (Å²) < 4.78 is 19.1. The maximum absolute atomic E-state index is 13.7. The number of nitrogens with zero attached hydrogens (tertiary/aromatic N) is 4. The molecule has 0 radical (unpaired) electrons. The van der Waals surface area contributed by atoms with Gasteiger partial charge in [0.25, 0.3) is 5.91 Å². The van der Waals surface area contributed by atoms with E-state index in [2.05, 4.69) is 23.8 Å². The van der Waals surface area contributed by atoms with E-state index in [0.29, 0.717) is 30.1 Å². The van der Waals surface area contributed by atoms with E-state index in [-0.39, 0.29) is 17.6 Å². The molecule has 2 aromatic rings. The lowest BCUT2D eigenvalue weighted by Crippen LogP contribution is -2.35. The number of ether oxygens (including phenoxy) is 1. The van der Waals surface area contributed by atoms with Crippen LogP contribution in [0.5, 0.6) is 5.75 Å². The highest BCUT2D eigenvalue weighted by atomic mass is 19.1. The van der Waals surface area contributed by atoms with Gasteiger partial charge in [-0.3, -0.25) is 4.79 Å². The number of amides is 1. The van der Waals surface area contributed by atoms with Crippen molar-refractivity contribution >= 4 is 17.8 Å². The summed E-state index contributed by atoms with van der Waals surface area (Å²) in [4.78, 5) is 17.8. The molecule has 4 N–H and O–H groups in total. The van der Waals surface area contributed by atoms with Gasteiger partial charge >= 0.3 is 0 Å². The second-order valence-corrected chi connectivity index (χ2v) is 9.29. The van der Waals surface area contributed by atoms with Crippen LogP contribution in [-0.4, -0.2) is 68.8 Å². The summed E-state index contributed by atoms with van der Waals surface area (Å²) in [6.07, 6.45) is 5.74. The van der Waals surface area contributed by atoms with Gasteiger partial charge in [0.2, 0.25) is 0 Å². The summed E-state index contributed by atoms with van der Waals surface area (Å²) in [5, 5.41) is 4.92. The quantitative estimate of drug-likeness (QED) is 0.198. The Morgan fingerprint density at radius 3 is 2.46 bits per heavy atom. The highest BCUT2D eigenvalue weighted by Crippen LogP contribution is 2.27. The molecule has 2 aromatic carbocycles. The molecule has 8 nitrogen and oxygen atoms in total. The van der Waals surface area contributed by atoms with Crippen molar-refractivity contribution in [3.8, 4) is 5.75 Å². The van der Waals surface area contributed by atoms with E-state index in [0.717, 1.165) is 50.9 Å². The lowest BCUT2D eigenvalue weighted by atomic mass is 9.94. The minimum atomic E-state index is -0.268. The van der Waals surface area contributed by atoms with E-state index in [1.165, 1.54) is 30.5 Å². The number of hydrogen-bond acceptors (Lipinski definition) is 7. The minimum absolute atomic E-state index is 0.0523. The monoisotopic (exact) mass is 514 g/mol. The molecule has 0 spiro atoms. The molecule has 1 unspecified atom stereocenters. The number of unbranched alkanes of at least 4 members (excludes halogenated alkanes) is 1. The Labute approximate surface area is 221 Å². The fourth-order valence-corrected chi connectivity index (χ4v) is 4.37. The third-order valence-electron chi connectivity index (χ3n) is 6.47. The van der Waals surface area contributed by atoms with Gasteiger partial charge < -0.3 is 25.4 Å². The number of methoxy groups -OCH3 is 1. The second-order valence-electron chi connectivity index (χ2n) is 9.29. The Kier molecular flexibility index (Phi) is 12.9. The summed E-state index contributed by atoms with van der Waals surface area (Å²) in [5.41, 5.74) is 2.07. The normalized spacial score (nSPS) is 12.2. The lowest BCUT2D eigenvalue weighted by molar-refractivity contribution is 0.0779. The topological polar surface area (TPSA) is 100 Å². The van der Waals surface area contributed by atoms with Gasteiger partial charge in [0.15, 0.2) is 0 Å². The molecule has 0 aliphatic heterocycles. The molecule has 0 bridgehead atoms. The van der Waals surface area contributed by atoms with Gasteiger partial charge in [0.1, 0.15) is 11.6 Å². The zero-order valence-electron chi connectivity index (χ0n) is 22.7. The molecule has 0 aliphatic carbocycles. The number of halogens is 1. The van der Waals surface area contributed by atoms with E-state index in [4.69, 9.17) is 16.4 Å². The van der Waals surface area contributed by atoms with E-state index < -0.39 is 0 Å². The third-order valence-corrected chi connectivity index (χ3v) is 6.47. The number of benzene rings is 2. The SMILES string of the molecule is CCCCN(CCC)CCC(CN(C)C(=O)c1cc(N(N)C/C=N\N)ccc1OC)c1ccc(F)cc1. The number of anilines is 1. The molecule has 0 saturated carbocycles. The molecule has 2 rings (SSSR count). The predicted molar refractivity (Wildman–Crippen MR) is 150 cm³/mol. The lowest BCUT2D eigenvalue weighted by Gasteiger charge is -2.28. The molecular weight excluding hydrogens is 471 g/mol. The zero-order valence-corrected chi connectivity index (χ0v) is 22.7. The Bertz CT molecular complexity index is 985. The van der Waals surface area contributed by atoms with Gasteiger partial charge in [-0.2, -0.15) is 5.10 Å². The molecule has 204 valence electrons. The highest BCUT2D eigenvalue weighted by molar-refractivity contribution is 5.98. The maximum atomic E-state index is 13.7. The number of carbonyl (C=O) groups is 1. The van der Waals surface area contributed by atoms with Crippen molar-refractivity contribution < 1.29 is 13.9 Å². The molecule has 0 fully saturated rings. The predicted octanol–water partition coefficient (Wildman–Crippen LogP) is 4.22. The average Bonchev–Trinajstić information content (AvgIpc) is 2.91. The number of nitrogens with two attached hydrogens (primary N) is 2. The second kappa shape index (κ2) is 15.8. The van der Waals surface area contributed by atoms with Crippen LogP contribution in [0, 0.1) is 5.82 Å². The zero-order chi connectivity index (χ0) is 27.2. The molecule has 0 saturated heterocycles. The fourth-order valence-electron chi connectivity index (χ4n) is 4.37. The maximum Gasteiger partial charge on any atom is 0.257 e. The van der Waals surface area contributed by atoms with Crippen molar-refractivity contribution in [2.24, 2.45) is 16.8 Å². The van der Waals surface area contributed by atoms with Crippen molar-refractivity contribution in [2.75, 3.05) is 51.9 Å². The smallest absolute Gasteiger partial charge is 0.257 e. The van der Waals surface area contributed by atoms with Crippen LogP contribution in [0.25, 0.3) is 0 Å². The first kappa shape index (κ1) is 30.1. The number of rotatable bonds is 16. The van der Waals surface area contributed by atoms with Crippen LogP contribution in [0.4, 0.5) is 10.1 Å². The van der Waals surface area contributed by atoms with Crippen molar-refractivity contribution in [2.45, 2.75) is 45.4 Å². The number of hydrazone groups is 1. The summed E-state index contributed by atoms with van der Waals surface area (Å²) >= 11 is 0. The fraction of sp³-hybridized carbons (Fsp3) is 0.500. The van der Waals surface area contributed by atoms with Crippen LogP contribution in [0.2, 0.25) is 0 Å². The van der Waals surface area contributed by atoms with Crippen molar-refractivity contribution in [3.63, 3.8) is 0 Å². The molecule has 0 aromatic heterocycles. The summed E-state index contributed by atoms with van der Waals surface area (Å²) in [7, 11) is 3.32. The van der Waals surface area contributed by atoms with Crippen LogP contribution >= 0.6 is 0 Å². The Balaban J connectivity index is 2.25. The number of hydrogen-bond donors (Lipinski definition) is 2. The van der Waals surface area contributed by atoms with E-state index in [1.54, 1.807) is 30.1 Å². The van der Waals surface area contributed by atoms with E-state index in [9.17, 15) is 9.18 Å². The molecule has 0 aliphatic rings. The molecule has 1 atom stereocenters. The third kappa shape index (κ3) is 9.33. The van der Waals surface area contributed by atoms with Crippen molar-refractivity contribution in [1.29, 1.82) is 0 Å². The number of hydrazine groups is 1. The largest absolute Gasteiger partial charge is 0.496 e. The molecule has 9 heteroatoms. The summed E-state index contributed by atoms with van der Waals surface area (Å²) in [6, 6.07) is 11.8. The summed E-state index contributed by atoms with van der Waals surface area (Å²) in [5.74, 6) is 11.4. The standard InChI is InChI=1S/C28H43FN6O2/c1-5-7-17-34(16-6-2)18-14-23(22-8-10-24(29)11-9-22)21-33(3)28(36)26-20-25(12-13-27(26)37-4)35(31)19-15-32-30/h8-13,15,20,23H,5-7,14,16-19,21,30-31H2,1-4H3/b32-15-. The van der Waals surface area contributed by atoms with Gasteiger partial charge in [-0.15, -0.1) is 0 Å². The van der Waals surface area contributed by atoms with Gasteiger partial charge in [-0.05, 0) is 74.8 Å². The molecule has 1 amide bonds. The molecular formula is C28H43FN6O2. The summed E-state index contributed by atoms with van der Waals surface area (Å²) in [6.45, 7) is 8.19. The Morgan fingerprint density at radius 1 is 1.11 bits per heavy atom. The highest BCUT2D eigenvalue weighted by Gasteiger charge is 2.23. The Morgan fingerprint density at radius 2 is 1.84 bits per heavy atom. The van der Waals surface area contributed by atoms with Crippen LogP contribution in [0.1, 0.15) is 61.4 Å². The van der Waals surface area contributed by atoms with Gasteiger partial charge in [-0.1, -0.05) is 32.4 Å². The number of carbonyl (C=O) groups excluding carboxylic acids is 1. The average molecular weight is 515 g/mol. The van der Waals surface area contributed by atoms with Crippen molar-refractivity contribution in [1.82, 2.24) is 9.80 Å². The van der Waals surface area contributed by atoms with Gasteiger partial charge in [-0.25, -0.2) is 10.2 Å². The molecule has 37 heavy (non-hydrogen) atoms. The minimum Gasteiger partial charge on any atom is -0.496 e. The van der Waals surface area contributed by atoms with Crippen molar-refractivity contribution in [3.05, 3.63) is 59.4 Å². The Hall–Kier alpha value is -3.17. The number of likely N-dealkylation sites (N-methyl/N-ethyl adjacent to an activating group) is 1. The van der Waals surface area contributed by atoms with E-state index >= 15 is 0 Å². The van der Waals surface area contributed by atoms with Crippen LogP contribution in [0.3, 0.4) is 0 Å². The first-order valence-corrected chi connectivity index (χ1v) is 13.0. The van der Waals surface area contributed by atoms with Gasteiger partial charge in [0, 0.05) is 25.7 Å². The van der Waals surface area contributed by atoms with Crippen LogP contribution in [-0.2, 0) is 0 Å². The van der Waals surface area contributed by atoms with Gasteiger partial charge in [0.05, 0.1) is 24.9 Å². The first-order chi connectivity index (χ1) is 17.8.